The maximum absolute atomic E-state index is 12.4. The van der Waals surface area contributed by atoms with Gasteiger partial charge in [-0.1, -0.05) is 17.7 Å². The molecule has 0 unspecified atom stereocenters. The summed E-state index contributed by atoms with van der Waals surface area (Å²) in [7, 11) is 2.92. The number of H-pyrrole nitrogens is 1. The fourth-order valence-corrected chi connectivity index (χ4v) is 2.79. The summed E-state index contributed by atoms with van der Waals surface area (Å²) in [5, 5.41) is 20.8. The van der Waals surface area contributed by atoms with E-state index in [9.17, 15) is 20.0 Å². The van der Waals surface area contributed by atoms with Crippen LogP contribution in [0.3, 0.4) is 0 Å². The summed E-state index contributed by atoms with van der Waals surface area (Å²) >= 11 is 6.26. The van der Waals surface area contributed by atoms with Gasteiger partial charge in [-0.2, -0.15) is 0 Å². The van der Waals surface area contributed by atoms with E-state index in [1.54, 1.807) is 6.07 Å². The van der Waals surface area contributed by atoms with Crippen molar-refractivity contribution in [1.82, 2.24) is 9.97 Å². The van der Waals surface area contributed by atoms with Gasteiger partial charge in [0.2, 0.25) is 0 Å². The Balaban J connectivity index is 2.10. The molecule has 1 heterocycles. The molecule has 0 amide bonds. The van der Waals surface area contributed by atoms with Crippen molar-refractivity contribution in [2.75, 3.05) is 14.2 Å². The molecule has 3 rings (SSSR count). The van der Waals surface area contributed by atoms with Gasteiger partial charge in [0.1, 0.15) is 0 Å². The minimum Gasteiger partial charge on any atom is -0.502 e. The first-order valence-corrected chi connectivity index (χ1v) is 8.23. The number of nitro groups is 1. The van der Waals surface area contributed by atoms with Gasteiger partial charge in [-0.05, 0) is 23.8 Å². The van der Waals surface area contributed by atoms with Crippen LogP contribution < -0.4 is 15.0 Å². The molecule has 2 aromatic carbocycles. The first-order chi connectivity index (χ1) is 13.3. The number of nitrogens with zero attached hydrogens (tertiary/aromatic N) is 2. The van der Waals surface area contributed by atoms with Crippen molar-refractivity contribution in [3.05, 3.63) is 62.2 Å². The second kappa shape index (κ2) is 7.57. The van der Waals surface area contributed by atoms with E-state index in [0.29, 0.717) is 22.6 Å². The number of aromatic hydroxyl groups is 1. The lowest BCUT2D eigenvalue weighted by atomic mass is 10.1. The zero-order chi connectivity index (χ0) is 20.4. The van der Waals surface area contributed by atoms with Gasteiger partial charge in [-0.3, -0.25) is 14.9 Å². The number of aromatic nitrogens is 2. The van der Waals surface area contributed by atoms with Gasteiger partial charge in [0.05, 0.1) is 35.1 Å². The van der Waals surface area contributed by atoms with Gasteiger partial charge < -0.3 is 19.6 Å². The van der Waals surface area contributed by atoms with Crippen LogP contribution in [0.2, 0.25) is 0 Å². The van der Waals surface area contributed by atoms with Gasteiger partial charge in [0.25, 0.3) is 5.56 Å². The largest absolute Gasteiger partial charge is 0.502 e. The first kappa shape index (κ1) is 19.2. The van der Waals surface area contributed by atoms with Crippen LogP contribution in [0.5, 0.6) is 17.2 Å². The second-order valence-electron chi connectivity index (χ2n) is 5.64. The Morgan fingerprint density at radius 3 is 2.57 bits per heavy atom. The molecule has 0 aliphatic carbocycles. The van der Waals surface area contributed by atoms with E-state index in [1.807, 2.05) is 0 Å². The van der Waals surface area contributed by atoms with E-state index in [-0.39, 0.29) is 16.2 Å². The zero-order valence-corrected chi connectivity index (χ0v) is 15.5. The topological polar surface area (TPSA) is 128 Å². The standard InChI is InChI=1S/C18H14ClN3O6/c1-27-15-7-10-12(8-16(15)28-2)20-17(21-18(10)24)11(19)5-9-3-4-14(23)13(6-9)22(25)26/h3-8,23H,1-2H3,(H,20,21,24)/b11-5+. The molecule has 0 saturated carbocycles. The third-order valence-corrected chi connectivity index (χ3v) is 4.21. The number of ether oxygens (including phenoxy) is 2. The Morgan fingerprint density at radius 2 is 1.93 bits per heavy atom. The van der Waals surface area contributed by atoms with Crippen molar-refractivity contribution in [2.45, 2.75) is 0 Å². The third-order valence-electron chi connectivity index (χ3n) is 3.93. The number of nitro benzene ring substituents is 1. The van der Waals surface area contributed by atoms with Gasteiger partial charge in [0.15, 0.2) is 23.1 Å². The maximum atomic E-state index is 12.4. The van der Waals surface area contributed by atoms with Gasteiger partial charge in [-0.25, -0.2) is 4.98 Å². The second-order valence-corrected chi connectivity index (χ2v) is 6.04. The highest BCUT2D eigenvalue weighted by Gasteiger charge is 2.15. The van der Waals surface area contributed by atoms with Crippen LogP contribution >= 0.6 is 11.6 Å². The summed E-state index contributed by atoms with van der Waals surface area (Å²) in [5.74, 6) is 0.389. The van der Waals surface area contributed by atoms with E-state index in [4.69, 9.17) is 21.1 Å². The molecule has 0 atom stereocenters. The van der Waals surface area contributed by atoms with Crippen molar-refractivity contribution >= 4 is 39.3 Å². The number of hydrogen-bond acceptors (Lipinski definition) is 7. The molecular weight excluding hydrogens is 390 g/mol. The molecule has 0 bridgehead atoms. The van der Waals surface area contributed by atoms with E-state index in [2.05, 4.69) is 9.97 Å². The number of fused-ring (bicyclic) bond motifs is 1. The zero-order valence-electron chi connectivity index (χ0n) is 14.7. The predicted molar refractivity (Wildman–Crippen MR) is 104 cm³/mol. The van der Waals surface area contributed by atoms with Gasteiger partial charge in [-0.15, -0.1) is 0 Å². The predicted octanol–water partition coefficient (Wildman–Crippen LogP) is 3.29. The van der Waals surface area contributed by atoms with Crippen molar-refractivity contribution in [3.63, 3.8) is 0 Å². The number of benzene rings is 2. The summed E-state index contributed by atoms with van der Waals surface area (Å²) in [5.41, 5.74) is -0.219. The Bertz CT molecular complexity index is 1170. The third kappa shape index (κ3) is 3.60. The molecule has 0 radical (unpaired) electrons. The lowest BCUT2D eigenvalue weighted by Gasteiger charge is -2.09. The van der Waals surface area contributed by atoms with Crippen LogP contribution in [0.1, 0.15) is 11.4 Å². The van der Waals surface area contributed by atoms with Crippen molar-refractivity contribution < 1.29 is 19.5 Å². The number of hydrogen-bond donors (Lipinski definition) is 2. The van der Waals surface area contributed by atoms with Crippen molar-refractivity contribution in [2.24, 2.45) is 0 Å². The molecule has 1 aromatic heterocycles. The van der Waals surface area contributed by atoms with Crippen LogP contribution in [-0.2, 0) is 0 Å². The highest BCUT2D eigenvalue weighted by atomic mass is 35.5. The Hall–Kier alpha value is -3.59. The Kier molecular flexibility index (Phi) is 5.18. The molecule has 9 nitrogen and oxygen atoms in total. The molecule has 10 heteroatoms. The molecule has 28 heavy (non-hydrogen) atoms. The highest BCUT2D eigenvalue weighted by molar-refractivity contribution is 6.50. The average Bonchev–Trinajstić information content (AvgIpc) is 2.68. The van der Waals surface area contributed by atoms with Crippen molar-refractivity contribution in [1.29, 1.82) is 0 Å². The SMILES string of the molecule is COc1cc2nc(/C(Cl)=C\c3ccc(O)c([N+](=O)[O-])c3)[nH]c(=O)c2cc1OC. The molecule has 144 valence electrons. The van der Waals surface area contributed by atoms with Gasteiger partial charge >= 0.3 is 5.69 Å². The first-order valence-electron chi connectivity index (χ1n) is 7.85. The minimum absolute atomic E-state index is 0.0498. The number of methoxy groups -OCH3 is 2. The van der Waals surface area contributed by atoms with E-state index in [0.717, 1.165) is 6.07 Å². The molecule has 0 fully saturated rings. The molecule has 2 N–H and O–H groups in total. The van der Waals surface area contributed by atoms with Crippen molar-refractivity contribution in [3.8, 4) is 17.2 Å². The molecular formula is C18H14ClN3O6. The summed E-state index contributed by atoms with van der Waals surface area (Å²) < 4.78 is 10.4. The monoisotopic (exact) mass is 403 g/mol. The Labute approximate surface area is 163 Å². The van der Waals surface area contributed by atoms with Crippen LogP contribution in [0.4, 0.5) is 5.69 Å². The molecule has 3 aromatic rings. The fourth-order valence-electron chi connectivity index (χ4n) is 2.57. The highest BCUT2D eigenvalue weighted by Crippen LogP contribution is 2.31. The molecule has 0 aliphatic heterocycles. The minimum atomic E-state index is -0.712. The fraction of sp³-hybridized carbons (Fsp3) is 0.111. The van der Waals surface area contributed by atoms with Crippen LogP contribution in [0.15, 0.2) is 35.1 Å². The lowest BCUT2D eigenvalue weighted by Crippen LogP contribution is -2.11. The average molecular weight is 404 g/mol. The van der Waals surface area contributed by atoms with Crippen LogP contribution in [0, 0.1) is 10.1 Å². The number of phenolic OH excluding ortho intramolecular Hbond substituents is 1. The smallest absolute Gasteiger partial charge is 0.311 e. The number of phenols is 1. The number of aromatic amines is 1. The van der Waals surface area contributed by atoms with E-state index < -0.39 is 21.9 Å². The molecule has 0 spiro atoms. The molecule has 0 aliphatic rings. The normalized spacial score (nSPS) is 11.5. The summed E-state index contributed by atoms with van der Waals surface area (Å²) in [6, 6.07) is 6.83. The molecule has 0 saturated heterocycles. The summed E-state index contributed by atoms with van der Waals surface area (Å²) in [4.78, 5) is 29.5. The maximum Gasteiger partial charge on any atom is 0.311 e. The number of nitrogens with one attached hydrogen (secondary N) is 1. The van der Waals surface area contributed by atoms with E-state index in [1.165, 1.54) is 38.5 Å². The van der Waals surface area contributed by atoms with Gasteiger partial charge in [0, 0.05) is 12.1 Å². The summed E-state index contributed by atoms with van der Waals surface area (Å²) in [6.45, 7) is 0. The Morgan fingerprint density at radius 1 is 1.25 bits per heavy atom. The van der Waals surface area contributed by atoms with Crippen LogP contribution in [-0.4, -0.2) is 34.2 Å². The van der Waals surface area contributed by atoms with Crippen LogP contribution in [0.25, 0.3) is 22.0 Å². The van der Waals surface area contributed by atoms with E-state index >= 15 is 0 Å². The lowest BCUT2D eigenvalue weighted by molar-refractivity contribution is -0.385. The number of rotatable bonds is 5. The number of halogens is 1. The summed E-state index contributed by atoms with van der Waals surface area (Å²) in [6.07, 6.45) is 1.39. The quantitative estimate of drug-likeness (QED) is 0.494.